The van der Waals surface area contributed by atoms with E-state index in [4.69, 9.17) is 11.5 Å². The number of hydrogen-bond donors (Lipinski definition) is 2. The van der Waals surface area contributed by atoms with Crippen molar-refractivity contribution in [2.75, 3.05) is 0 Å². The molecule has 0 aromatic carbocycles. The van der Waals surface area contributed by atoms with Gasteiger partial charge < -0.3 is 11.5 Å². The Balaban J connectivity index is 4.56. The summed E-state index contributed by atoms with van der Waals surface area (Å²) >= 11 is 0. The first-order valence-electron chi connectivity index (χ1n) is 3.01. The normalized spacial score (nSPS) is 13.4. The zero-order valence-electron chi connectivity index (χ0n) is 6.22. The average molecular weight is 140 g/mol. The van der Waals surface area contributed by atoms with Crippen LogP contribution in [0, 0.1) is 0 Å². The van der Waals surface area contributed by atoms with Gasteiger partial charge in [-0.25, -0.2) is 0 Å². The number of rotatable bonds is 2. The zero-order chi connectivity index (χ0) is 8.15. The number of allylic oxidation sites excluding steroid dienone is 2. The van der Waals surface area contributed by atoms with Crippen LogP contribution < -0.4 is 11.5 Å². The van der Waals surface area contributed by atoms with Crippen molar-refractivity contribution in [3.63, 3.8) is 0 Å². The molecule has 0 rings (SSSR count). The van der Waals surface area contributed by atoms with Crippen LogP contribution >= 0.6 is 0 Å². The number of carbonyl (C=O) groups excluding carboxylic acids is 1. The van der Waals surface area contributed by atoms with E-state index in [-0.39, 0.29) is 0 Å². The topological polar surface area (TPSA) is 69.1 Å². The molecule has 3 nitrogen and oxygen atoms in total. The van der Waals surface area contributed by atoms with E-state index >= 15 is 0 Å². The Morgan fingerprint density at radius 1 is 1.20 bits per heavy atom. The minimum Gasteiger partial charge on any atom is -0.398 e. The molecule has 1 amide bonds. The lowest BCUT2D eigenvalue weighted by molar-refractivity contribution is -0.114. The van der Waals surface area contributed by atoms with E-state index in [1.807, 2.05) is 0 Å². The third-order valence-corrected chi connectivity index (χ3v) is 1.18. The summed E-state index contributed by atoms with van der Waals surface area (Å²) in [6, 6.07) is 0. The van der Waals surface area contributed by atoms with Gasteiger partial charge in [0.25, 0.3) is 0 Å². The molecule has 0 bridgehead atoms. The van der Waals surface area contributed by atoms with E-state index < -0.39 is 5.91 Å². The van der Waals surface area contributed by atoms with Crippen molar-refractivity contribution in [2.24, 2.45) is 11.5 Å². The van der Waals surface area contributed by atoms with E-state index in [1.165, 1.54) is 0 Å². The van der Waals surface area contributed by atoms with Gasteiger partial charge in [0.05, 0.1) is 5.57 Å². The van der Waals surface area contributed by atoms with Gasteiger partial charge in [-0.1, -0.05) is 12.2 Å². The summed E-state index contributed by atoms with van der Waals surface area (Å²) in [4.78, 5) is 10.6. The first-order chi connectivity index (χ1) is 4.63. The second-order valence-corrected chi connectivity index (χ2v) is 1.81. The predicted octanol–water partition coefficient (Wildman–Crippen LogP) is 0.281. The van der Waals surface area contributed by atoms with Crippen molar-refractivity contribution in [1.29, 1.82) is 0 Å². The Labute approximate surface area is 60.4 Å². The third kappa shape index (κ3) is 1.93. The van der Waals surface area contributed by atoms with Crippen molar-refractivity contribution in [1.82, 2.24) is 0 Å². The van der Waals surface area contributed by atoms with Crippen LogP contribution in [0.3, 0.4) is 0 Å². The van der Waals surface area contributed by atoms with Gasteiger partial charge in [-0.15, -0.1) is 0 Å². The molecule has 56 valence electrons. The SMILES string of the molecule is C/C=C(N)\C(=C/C)C(N)=O. The third-order valence-electron chi connectivity index (χ3n) is 1.18. The lowest BCUT2D eigenvalue weighted by Crippen LogP contribution is -2.18. The number of hydrogen-bond acceptors (Lipinski definition) is 2. The number of nitrogens with two attached hydrogens (primary N) is 2. The maximum Gasteiger partial charge on any atom is 0.250 e. The first kappa shape index (κ1) is 8.75. The maximum absolute atomic E-state index is 10.6. The highest BCUT2D eigenvalue weighted by Gasteiger charge is 2.03. The van der Waals surface area contributed by atoms with Crippen LogP contribution in [0.15, 0.2) is 23.4 Å². The van der Waals surface area contributed by atoms with Crippen molar-refractivity contribution in [2.45, 2.75) is 13.8 Å². The Morgan fingerprint density at radius 3 is 1.80 bits per heavy atom. The van der Waals surface area contributed by atoms with Crippen molar-refractivity contribution < 1.29 is 4.79 Å². The van der Waals surface area contributed by atoms with Crippen LogP contribution in [-0.2, 0) is 4.79 Å². The minimum atomic E-state index is -0.488. The summed E-state index contributed by atoms with van der Waals surface area (Å²) in [6.07, 6.45) is 3.23. The molecule has 0 spiro atoms. The molecule has 0 heterocycles. The lowest BCUT2D eigenvalue weighted by atomic mass is 10.2. The fourth-order valence-electron chi connectivity index (χ4n) is 0.607. The molecule has 0 aromatic heterocycles. The van der Waals surface area contributed by atoms with Crippen LogP contribution in [0.2, 0.25) is 0 Å². The molecule has 0 aromatic rings. The highest BCUT2D eigenvalue weighted by atomic mass is 16.1. The molecule has 10 heavy (non-hydrogen) atoms. The van der Waals surface area contributed by atoms with E-state index in [1.54, 1.807) is 26.0 Å². The Hall–Kier alpha value is -1.25. The Morgan fingerprint density at radius 2 is 1.70 bits per heavy atom. The van der Waals surface area contributed by atoms with Gasteiger partial charge in [-0.05, 0) is 13.8 Å². The quantitative estimate of drug-likeness (QED) is 0.427. The number of carbonyl (C=O) groups is 1. The summed E-state index contributed by atoms with van der Waals surface area (Å²) in [5.74, 6) is -0.488. The molecular formula is C7H12N2O. The molecule has 0 aliphatic heterocycles. The van der Waals surface area contributed by atoms with Gasteiger partial charge >= 0.3 is 0 Å². The highest BCUT2D eigenvalue weighted by molar-refractivity contribution is 5.96. The van der Waals surface area contributed by atoms with Crippen LogP contribution in [0.1, 0.15) is 13.8 Å². The smallest absolute Gasteiger partial charge is 0.250 e. The van der Waals surface area contributed by atoms with E-state index in [0.29, 0.717) is 11.3 Å². The molecule has 0 aliphatic rings. The van der Waals surface area contributed by atoms with Gasteiger partial charge in [0, 0.05) is 5.70 Å². The fraction of sp³-hybridized carbons (Fsp3) is 0.286. The summed E-state index contributed by atoms with van der Waals surface area (Å²) in [5, 5.41) is 0. The molecule has 3 heteroatoms. The minimum absolute atomic E-state index is 0.377. The molecule has 0 radical (unpaired) electrons. The highest BCUT2D eigenvalue weighted by Crippen LogP contribution is 2.01. The van der Waals surface area contributed by atoms with E-state index in [9.17, 15) is 4.79 Å². The molecule has 0 unspecified atom stereocenters. The van der Waals surface area contributed by atoms with Gasteiger partial charge in [0.15, 0.2) is 0 Å². The predicted molar refractivity (Wildman–Crippen MR) is 40.9 cm³/mol. The van der Waals surface area contributed by atoms with Crippen LogP contribution in [0.5, 0.6) is 0 Å². The van der Waals surface area contributed by atoms with Crippen LogP contribution in [-0.4, -0.2) is 5.91 Å². The first-order valence-corrected chi connectivity index (χ1v) is 3.01. The molecule has 0 saturated carbocycles. The molecular weight excluding hydrogens is 128 g/mol. The Kier molecular flexibility index (Phi) is 3.25. The van der Waals surface area contributed by atoms with Crippen molar-refractivity contribution >= 4 is 5.91 Å². The average Bonchev–Trinajstić information content (AvgIpc) is 1.88. The van der Waals surface area contributed by atoms with Gasteiger partial charge in [0.1, 0.15) is 0 Å². The fourth-order valence-corrected chi connectivity index (χ4v) is 0.607. The molecule has 0 atom stereocenters. The van der Waals surface area contributed by atoms with Gasteiger partial charge in [-0.3, -0.25) is 4.79 Å². The van der Waals surface area contributed by atoms with E-state index in [0.717, 1.165) is 0 Å². The molecule has 0 aliphatic carbocycles. The summed E-state index contributed by atoms with van der Waals surface area (Å²) in [6.45, 7) is 3.47. The summed E-state index contributed by atoms with van der Waals surface area (Å²) in [7, 11) is 0. The lowest BCUT2D eigenvalue weighted by Gasteiger charge is -1.99. The zero-order valence-corrected chi connectivity index (χ0v) is 6.22. The Bertz CT molecular complexity index is 192. The largest absolute Gasteiger partial charge is 0.398 e. The molecule has 0 saturated heterocycles. The van der Waals surface area contributed by atoms with E-state index in [2.05, 4.69) is 0 Å². The van der Waals surface area contributed by atoms with Crippen molar-refractivity contribution in [3.05, 3.63) is 23.4 Å². The van der Waals surface area contributed by atoms with Gasteiger partial charge in [-0.2, -0.15) is 0 Å². The second kappa shape index (κ2) is 3.71. The molecule has 0 fully saturated rings. The molecule has 4 N–H and O–H groups in total. The van der Waals surface area contributed by atoms with Crippen LogP contribution in [0.4, 0.5) is 0 Å². The number of amides is 1. The van der Waals surface area contributed by atoms with Gasteiger partial charge in [0.2, 0.25) is 5.91 Å². The summed E-state index contributed by atoms with van der Waals surface area (Å²) in [5.41, 5.74) is 11.2. The van der Waals surface area contributed by atoms with Crippen molar-refractivity contribution in [3.8, 4) is 0 Å². The number of primary amides is 1. The maximum atomic E-state index is 10.6. The standard InChI is InChI=1S/C7H12N2O/c1-3-5(7(9)10)6(8)4-2/h3-4H,8H2,1-2H3,(H2,9,10)/b5-3+,6-4+. The monoisotopic (exact) mass is 140 g/mol. The second-order valence-electron chi connectivity index (χ2n) is 1.81. The summed E-state index contributed by atoms with van der Waals surface area (Å²) < 4.78 is 0. The van der Waals surface area contributed by atoms with Crippen LogP contribution in [0.25, 0.3) is 0 Å².